The Morgan fingerprint density at radius 2 is 2.00 bits per heavy atom. The van der Waals surface area contributed by atoms with Crippen LogP contribution in [0.25, 0.3) is 0 Å². The van der Waals surface area contributed by atoms with E-state index in [-0.39, 0.29) is 24.0 Å². The molecule has 1 N–H and O–H groups in total. The first-order valence-electron chi connectivity index (χ1n) is 6.98. The molecule has 3 nitrogen and oxygen atoms in total. The quantitative estimate of drug-likeness (QED) is 0.883. The molecule has 1 aromatic carbocycles. The van der Waals surface area contributed by atoms with Crippen molar-refractivity contribution in [3.63, 3.8) is 0 Å². The normalized spacial score (nSPS) is 20.1. The summed E-state index contributed by atoms with van der Waals surface area (Å²) >= 11 is 0. The summed E-state index contributed by atoms with van der Waals surface area (Å²) in [6.07, 6.45) is 2.41. The predicted molar refractivity (Wildman–Crippen MR) is 75.7 cm³/mol. The molecule has 0 bridgehead atoms. The Balaban J connectivity index is 1.96. The van der Waals surface area contributed by atoms with Crippen molar-refractivity contribution < 1.29 is 9.90 Å². The van der Waals surface area contributed by atoms with Crippen LogP contribution in [0, 0.1) is 5.92 Å². The van der Waals surface area contributed by atoms with Gasteiger partial charge in [0.25, 0.3) is 0 Å². The molecule has 1 aromatic rings. The van der Waals surface area contributed by atoms with E-state index >= 15 is 0 Å². The van der Waals surface area contributed by atoms with E-state index in [1.54, 1.807) is 0 Å². The molecule has 0 spiro atoms. The zero-order chi connectivity index (χ0) is 13.9. The van der Waals surface area contributed by atoms with Crippen molar-refractivity contribution in [1.29, 1.82) is 0 Å². The Morgan fingerprint density at radius 3 is 2.58 bits per heavy atom. The van der Waals surface area contributed by atoms with E-state index in [4.69, 9.17) is 0 Å². The minimum atomic E-state index is -0.142. The topological polar surface area (TPSA) is 40.5 Å². The van der Waals surface area contributed by atoms with Crippen LogP contribution in [-0.2, 0) is 11.2 Å². The Labute approximate surface area is 115 Å². The monoisotopic (exact) mass is 261 g/mol. The molecule has 104 valence electrons. The molecule has 0 aromatic heterocycles. The highest BCUT2D eigenvalue weighted by Crippen LogP contribution is 2.29. The molecule has 1 aliphatic rings. The lowest BCUT2D eigenvalue weighted by atomic mass is 9.93. The minimum absolute atomic E-state index is 0.108. The third-order valence-corrected chi connectivity index (χ3v) is 4.06. The van der Waals surface area contributed by atoms with E-state index in [9.17, 15) is 9.90 Å². The average Bonchev–Trinajstić information content (AvgIpc) is 2.80. The van der Waals surface area contributed by atoms with Crippen molar-refractivity contribution in [3.05, 3.63) is 35.9 Å². The maximum atomic E-state index is 12.0. The molecule has 3 heteroatoms. The van der Waals surface area contributed by atoms with Crippen molar-refractivity contribution in [2.45, 2.75) is 38.6 Å². The van der Waals surface area contributed by atoms with Crippen LogP contribution >= 0.6 is 0 Å². The molecule has 1 saturated heterocycles. The van der Waals surface area contributed by atoms with Gasteiger partial charge in [-0.25, -0.2) is 0 Å². The standard InChI is InChI=1S/C16H23NO2/c1-16(2,9-8-13-6-4-3-5-7-13)17-11-14(12-18)10-15(17)19/h3-7,14,18H,8-12H2,1-2H3. The molecule has 19 heavy (non-hydrogen) atoms. The Bertz CT molecular complexity index is 428. The summed E-state index contributed by atoms with van der Waals surface area (Å²) < 4.78 is 0. The van der Waals surface area contributed by atoms with Gasteiger partial charge in [-0.1, -0.05) is 30.3 Å². The zero-order valence-electron chi connectivity index (χ0n) is 11.8. The number of amides is 1. The fourth-order valence-corrected chi connectivity index (χ4v) is 2.72. The maximum absolute atomic E-state index is 12.0. The molecule has 1 heterocycles. The number of nitrogens with zero attached hydrogens (tertiary/aromatic N) is 1. The van der Waals surface area contributed by atoms with Crippen molar-refractivity contribution >= 4 is 5.91 Å². The summed E-state index contributed by atoms with van der Waals surface area (Å²) in [5, 5.41) is 9.20. The van der Waals surface area contributed by atoms with E-state index in [1.165, 1.54) is 5.56 Å². The molecule has 0 radical (unpaired) electrons. The SMILES string of the molecule is CC(C)(CCc1ccccc1)N1CC(CO)CC1=O. The fraction of sp³-hybridized carbons (Fsp3) is 0.562. The number of carbonyl (C=O) groups is 1. The van der Waals surface area contributed by atoms with Crippen LogP contribution in [0.2, 0.25) is 0 Å². The number of benzene rings is 1. The number of hydrogen-bond acceptors (Lipinski definition) is 2. The Kier molecular flexibility index (Phi) is 4.25. The van der Waals surface area contributed by atoms with Gasteiger partial charge in [-0.15, -0.1) is 0 Å². The van der Waals surface area contributed by atoms with E-state index in [2.05, 4.69) is 26.0 Å². The molecule has 1 unspecified atom stereocenters. The van der Waals surface area contributed by atoms with Crippen molar-refractivity contribution in [2.75, 3.05) is 13.2 Å². The number of likely N-dealkylation sites (tertiary alicyclic amines) is 1. The van der Waals surface area contributed by atoms with Crippen LogP contribution in [0.15, 0.2) is 30.3 Å². The first kappa shape index (κ1) is 14.1. The number of aryl methyl sites for hydroxylation is 1. The summed E-state index contributed by atoms with van der Waals surface area (Å²) in [6.45, 7) is 5.04. The van der Waals surface area contributed by atoms with Crippen LogP contribution in [0.5, 0.6) is 0 Å². The van der Waals surface area contributed by atoms with E-state index < -0.39 is 0 Å². The number of carbonyl (C=O) groups excluding carboxylic acids is 1. The largest absolute Gasteiger partial charge is 0.396 e. The van der Waals surface area contributed by atoms with Crippen LogP contribution in [-0.4, -0.2) is 34.6 Å². The van der Waals surface area contributed by atoms with Gasteiger partial charge in [0, 0.05) is 31.0 Å². The second kappa shape index (κ2) is 5.74. The highest BCUT2D eigenvalue weighted by Gasteiger charge is 2.37. The fourth-order valence-electron chi connectivity index (χ4n) is 2.72. The number of aliphatic hydroxyl groups excluding tert-OH is 1. The van der Waals surface area contributed by atoms with Gasteiger partial charge in [0.1, 0.15) is 0 Å². The molecule has 1 amide bonds. The maximum Gasteiger partial charge on any atom is 0.223 e. The number of hydrogen-bond donors (Lipinski definition) is 1. The van der Waals surface area contributed by atoms with E-state index in [1.807, 2.05) is 23.1 Å². The van der Waals surface area contributed by atoms with E-state index in [0.717, 1.165) is 12.8 Å². The smallest absolute Gasteiger partial charge is 0.223 e. The van der Waals surface area contributed by atoms with Crippen LogP contribution in [0.4, 0.5) is 0 Å². The third kappa shape index (κ3) is 3.35. The molecule has 1 aliphatic heterocycles. The lowest BCUT2D eigenvalue weighted by Crippen LogP contribution is -2.45. The average molecular weight is 261 g/mol. The Hall–Kier alpha value is -1.35. The first-order chi connectivity index (χ1) is 9.03. The summed E-state index contributed by atoms with van der Waals surface area (Å²) in [5.74, 6) is 0.292. The van der Waals surface area contributed by atoms with Gasteiger partial charge >= 0.3 is 0 Å². The number of rotatable bonds is 5. The van der Waals surface area contributed by atoms with Crippen LogP contribution in [0.1, 0.15) is 32.3 Å². The molecular formula is C16H23NO2. The molecule has 1 atom stereocenters. The van der Waals surface area contributed by atoms with Gasteiger partial charge < -0.3 is 10.0 Å². The van der Waals surface area contributed by atoms with Crippen LogP contribution < -0.4 is 0 Å². The van der Waals surface area contributed by atoms with Crippen molar-refractivity contribution in [3.8, 4) is 0 Å². The molecular weight excluding hydrogens is 238 g/mol. The van der Waals surface area contributed by atoms with Gasteiger partial charge in [0.05, 0.1) is 0 Å². The van der Waals surface area contributed by atoms with Crippen LogP contribution in [0.3, 0.4) is 0 Å². The summed E-state index contributed by atoms with van der Waals surface area (Å²) in [7, 11) is 0. The van der Waals surface area contributed by atoms with Gasteiger partial charge in [-0.3, -0.25) is 4.79 Å². The molecule has 1 fully saturated rings. The number of aliphatic hydroxyl groups is 1. The van der Waals surface area contributed by atoms with Crippen molar-refractivity contribution in [2.24, 2.45) is 5.92 Å². The molecule has 0 saturated carbocycles. The summed E-state index contributed by atoms with van der Waals surface area (Å²) in [4.78, 5) is 14.0. The Morgan fingerprint density at radius 1 is 1.32 bits per heavy atom. The second-order valence-corrected chi connectivity index (χ2v) is 6.06. The summed E-state index contributed by atoms with van der Waals surface area (Å²) in [5.41, 5.74) is 1.16. The van der Waals surface area contributed by atoms with Crippen molar-refractivity contribution in [1.82, 2.24) is 4.90 Å². The lowest BCUT2D eigenvalue weighted by molar-refractivity contribution is -0.132. The van der Waals surface area contributed by atoms with Gasteiger partial charge in [0.2, 0.25) is 5.91 Å². The zero-order valence-corrected chi connectivity index (χ0v) is 11.8. The predicted octanol–water partition coefficient (Wildman–Crippen LogP) is 2.24. The summed E-state index contributed by atoms with van der Waals surface area (Å²) in [6, 6.07) is 10.4. The molecule has 0 aliphatic carbocycles. The highest BCUT2D eigenvalue weighted by molar-refractivity contribution is 5.79. The highest BCUT2D eigenvalue weighted by atomic mass is 16.3. The van der Waals surface area contributed by atoms with Gasteiger partial charge in [-0.2, -0.15) is 0 Å². The lowest BCUT2D eigenvalue weighted by Gasteiger charge is -2.36. The molecule has 2 rings (SSSR count). The van der Waals surface area contributed by atoms with Gasteiger partial charge in [0.15, 0.2) is 0 Å². The van der Waals surface area contributed by atoms with Gasteiger partial charge in [-0.05, 0) is 32.3 Å². The van der Waals surface area contributed by atoms with E-state index in [0.29, 0.717) is 13.0 Å². The third-order valence-electron chi connectivity index (χ3n) is 4.06. The second-order valence-electron chi connectivity index (χ2n) is 6.06. The minimum Gasteiger partial charge on any atom is -0.396 e. The first-order valence-corrected chi connectivity index (χ1v) is 6.98.